The van der Waals surface area contributed by atoms with Crippen molar-refractivity contribution in [3.05, 3.63) is 12.2 Å². The lowest BCUT2D eigenvalue weighted by Crippen LogP contribution is -2.36. The second kappa shape index (κ2) is 2.59. The molecule has 0 amide bonds. The zero-order valence-electron chi connectivity index (χ0n) is 11.0. The molecule has 96 valence electrons. The van der Waals surface area contributed by atoms with Gasteiger partial charge in [-0.2, -0.15) is 0 Å². The fraction of sp³-hybridized carbons (Fsp3) is 0.733. The molecule has 1 spiro atoms. The molecule has 1 saturated heterocycles. The summed E-state index contributed by atoms with van der Waals surface area (Å²) in [7, 11) is 0. The van der Waals surface area contributed by atoms with Gasteiger partial charge in [0.2, 0.25) is 0 Å². The van der Waals surface area contributed by atoms with Gasteiger partial charge in [-0.15, -0.1) is 0 Å². The molecular formula is C15H18O3. The average Bonchev–Trinajstić information content (AvgIpc) is 2.56. The van der Waals surface area contributed by atoms with Crippen LogP contribution in [0.5, 0.6) is 0 Å². The number of esters is 1. The highest BCUT2D eigenvalue weighted by Gasteiger charge is 2.90. The molecule has 0 aromatic carbocycles. The van der Waals surface area contributed by atoms with Crippen LogP contribution in [0.4, 0.5) is 0 Å². The second-order valence-electron chi connectivity index (χ2n) is 6.87. The van der Waals surface area contributed by atoms with E-state index in [9.17, 15) is 9.59 Å². The number of ketones is 1. The number of hydrogen-bond acceptors (Lipinski definition) is 3. The Labute approximate surface area is 107 Å². The van der Waals surface area contributed by atoms with E-state index in [0.29, 0.717) is 5.92 Å². The fourth-order valence-corrected chi connectivity index (χ4v) is 5.45. The summed E-state index contributed by atoms with van der Waals surface area (Å²) in [4.78, 5) is 24.1. The Kier molecular flexibility index (Phi) is 1.55. The van der Waals surface area contributed by atoms with Crippen LogP contribution in [0.2, 0.25) is 0 Å². The SMILES string of the molecule is C[C@H]1C(=O)O[C@@H]2[C@@H]1CC[C@]1(C)[C@@]3(C)C(=O)C=C[C@@]213. The van der Waals surface area contributed by atoms with Crippen molar-refractivity contribution in [2.75, 3.05) is 0 Å². The van der Waals surface area contributed by atoms with E-state index in [1.807, 2.05) is 6.92 Å². The topological polar surface area (TPSA) is 43.4 Å². The first kappa shape index (κ1) is 10.8. The van der Waals surface area contributed by atoms with Gasteiger partial charge in [0.1, 0.15) is 6.10 Å². The van der Waals surface area contributed by atoms with Gasteiger partial charge < -0.3 is 4.74 Å². The van der Waals surface area contributed by atoms with E-state index >= 15 is 0 Å². The highest BCUT2D eigenvalue weighted by Crippen LogP contribution is 2.87. The first-order chi connectivity index (χ1) is 8.40. The van der Waals surface area contributed by atoms with E-state index in [0.717, 1.165) is 12.8 Å². The van der Waals surface area contributed by atoms with E-state index in [-0.39, 0.29) is 40.0 Å². The number of rotatable bonds is 0. The summed E-state index contributed by atoms with van der Waals surface area (Å²) in [6, 6.07) is 0. The molecule has 6 atom stereocenters. The smallest absolute Gasteiger partial charge is 0.309 e. The lowest BCUT2D eigenvalue weighted by molar-refractivity contribution is -0.146. The highest BCUT2D eigenvalue weighted by atomic mass is 16.6. The van der Waals surface area contributed by atoms with Crippen molar-refractivity contribution in [1.29, 1.82) is 0 Å². The molecule has 0 aromatic heterocycles. The lowest BCUT2D eigenvalue weighted by Gasteiger charge is -2.34. The molecule has 3 aliphatic carbocycles. The zero-order chi connectivity index (χ0) is 12.9. The van der Waals surface area contributed by atoms with E-state index in [2.05, 4.69) is 19.9 Å². The molecule has 3 heteroatoms. The van der Waals surface area contributed by atoms with Crippen LogP contribution in [0.25, 0.3) is 0 Å². The molecule has 3 fully saturated rings. The van der Waals surface area contributed by atoms with E-state index < -0.39 is 0 Å². The maximum absolute atomic E-state index is 12.2. The predicted molar refractivity (Wildman–Crippen MR) is 64.6 cm³/mol. The van der Waals surface area contributed by atoms with Gasteiger partial charge in [0, 0.05) is 16.7 Å². The molecule has 4 rings (SSSR count). The van der Waals surface area contributed by atoms with Gasteiger partial charge in [-0.05, 0) is 24.3 Å². The minimum absolute atomic E-state index is 0.00264. The molecule has 1 aliphatic heterocycles. The minimum Gasteiger partial charge on any atom is -0.461 e. The highest BCUT2D eigenvalue weighted by molar-refractivity contribution is 6.04. The molecule has 0 bridgehead atoms. The van der Waals surface area contributed by atoms with Crippen LogP contribution in [0.1, 0.15) is 33.6 Å². The number of allylic oxidation sites excluding steroid dienone is 1. The quantitative estimate of drug-likeness (QED) is 0.615. The van der Waals surface area contributed by atoms with Gasteiger partial charge in [0.15, 0.2) is 5.78 Å². The van der Waals surface area contributed by atoms with Gasteiger partial charge in [0.25, 0.3) is 0 Å². The molecule has 18 heavy (non-hydrogen) atoms. The monoisotopic (exact) mass is 246 g/mol. The van der Waals surface area contributed by atoms with Crippen molar-refractivity contribution in [3.63, 3.8) is 0 Å². The van der Waals surface area contributed by atoms with Gasteiger partial charge in [-0.1, -0.05) is 26.8 Å². The number of hydrogen-bond donors (Lipinski definition) is 0. The van der Waals surface area contributed by atoms with E-state index in [1.165, 1.54) is 0 Å². The average molecular weight is 246 g/mol. The van der Waals surface area contributed by atoms with Crippen LogP contribution in [0, 0.1) is 28.1 Å². The normalized spacial score (nSPS) is 60.1. The summed E-state index contributed by atoms with van der Waals surface area (Å²) in [5.74, 6) is 0.428. The third kappa shape index (κ3) is 0.703. The number of carbonyl (C=O) groups excluding carboxylic acids is 2. The Balaban J connectivity index is 1.87. The Morgan fingerprint density at radius 1 is 1.33 bits per heavy atom. The van der Waals surface area contributed by atoms with E-state index in [4.69, 9.17) is 4.74 Å². The Hall–Kier alpha value is -1.12. The molecule has 0 unspecified atom stereocenters. The van der Waals surface area contributed by atoms with Crippen LogP contribution in [-0.2, 0) is 14.3 Å². The molecule has 0 aromatic rings. The molecule has 2 saturated carbocycles. The van der Waals surface area contributed by atoms with Crippen LogP contribution >= 0.6 is 0 Å². The van der Waals surface area contributed by atoms with Gasteiger partial charge in [-0.25, -0.2) is 0 Å². The van der Waals surface area contributed by atoms with Crippen molar-refractivity contribution in [3.8, 4) is 0 Å². The number of carbonyl (C=O) groups is 2. The summed E-state index contributed by atoms with van der Waals surface area (Å²) in [5.41, 5.74) is -0.540. The second-order valence-corrected chi connectivity index (χ2v) is 6.87. The van der Waals surface area contributed by atoms with Gasteiger partial charge >= 0.3 is 5.97 Å². The molecule has 3 nitrogen and oxygen atoms in total. The number of ether oxygens (including phenoxy) is 1. The summed E-state index contributed by atoms with van der Waals surface area (Å²) in [5, 5.41) is 0. The molecule has 0 N–H and O–H groups in total. The lowest BCUT2D eigenvalue weighted by atomic mass is 9.70. The molecule has 4 aliphatic rings. The molecular weight excluding hydrogens is 228 g/mol. The third-order valence-corrected chi connectivity index (χ3v) is 6.84. The number of fused-ring (bicyclic) bond motifs is 2. The predicted octanol–water partition coefficient (Wildman–Crippen LogP) is 2.11. The van der Waals surface area contributed by atoms with E-state index in [1.54, 1.807) is 6.08 Å². The Bertz CT molecular complexity index is 522. The maximum atomic E-state index is 12.2. The standard InChI is InChI=1S/C15H18O3/c1-8-9-4-6-13(2)14(3)10(16)5-7-15(13,14)11(9)18-12(8)17/h5,7-9,11H,4,6H2,1-3H3/t8-,9-,11-,13-,14-,15-/m1/s1. The first-order valence-electron chi connectivity index (χ1n) is 6.84. The minimum atomic E-state index is -0.330. The summed E-state index contributed by atoms with van der Waals surface area (Å²) in [6.07, 6.45) is 5.72. The van der Waals surface area contributed by atoms with Gasteiger partial charge in [0.05, 0.1) is 5.92 Å². The van der Waals surface area contributed by atoms with Crippen molar-refractivity contribution >= 4 is 11.8 Å². The van der Waals surface area contributed by atoms with Crippen LogP contribution < -0.4 is 0 Å². The van der Waals surface area contributed by atoms with Crippen LogP contribution in [-0.4, -0.2) is 17.9 Å². The van der Waals surface area contributed by atoms with Crippen molar-refractivity contribution < 1.29 is 14.3 Å². The van der Waals surface area contributed by atoms with Gasteiger partial charge in [-0.3, -0.25) is 9.59 Å². The summed E-state index contributed by atoms with van der Waals surface area (Å²) < 4.78 is 5.67. The van der Waals surface area contributed by atoms with Crippen molar-refractivity contribution in [2.24, 2.45) is 28.1 Å². The molecule has 1 heterocycles. The maximum Gasteiger partial charge on any atom is 0.309 e. The largest absolute Gasteiger partial charge is 0.461 e. The summed E-state index contributed by atoms with van der Waals surface area (Å²) >= 11 is 0. The van der Waals surface area contributed by atoms with Crippen LogP contribution in [0.15, 0.2) is 12.2 Å². The first-order valence-corrected chi connectivity index (χ1v) is 6.84. The third-order valence-electron chi connectivity index (χ3n) is 6.84. The van der Waals surface area contributed by atoms with Crippen molar-refractivity contribution in [1.82, 2.24) is 0 Å². The fourth-order valence-electron chi connectivity index (χ4n) is 5.45. The Morgan fingerprint density at radius 3 is 2.78 bits per heavy atom. The zero-order valence-corrected chi connectivity index (χ0v) is 11.0. The molecule has 0 radical (unpaired) electrons. The van der Waals surface area contributed by atoms with Crippen LogP contribution in [0.3, 0.4) is 0 Å². The van der Waals surface area contributed by atoms with Crippen molar-refractivity contribution in [2.45, 2.75) is 39.7 Å². The Morgan fingerprint density at radius 2 is 2.06 bits per heavy atom. The summed E-state index contributed by atoms with van der Waals surface area (Å²) in [6.45, 7) is 6.22.